The Labute approximate surface area is 207 Å². The van der Waals surface area contributed by atoms with Crippen LogP contribution < -0.4 is 9.47 Å². The van der Waals surface area contributed by atoms with Gasteiger partial charge in [-0.25, -0.2) is 0 Å². The van der Waals surface area contributed by atoms with Crippen molar-refractivity contribution in [3.63, 3.8) is 0 Å². The molecule has 3 aromatic rings. The van der Waals surface area contributed by atoms with Crippen LogP contribution in [0.25, 0.3) is 24.3 Å². The molecular weight excluding hydrogens is 472 g/mol. The topological polar surface area (TPSA) is 18.5 Å². The van der Waals surface area contributed by atoms with E-state index in [1.54, 1.807) is 0 Å². The summed E-state index contributed by atoms with van der Waals surface area (Å²) in [5, 5.41) is 0. The Morgan fingerprint density at radius 2 is 1.06 bits per heavy atom. The highest BCUT2D eigenvalue weighted by molar-refractivity contribution is 9.10. The molecule has 0 aliphatic heterocycles. The Morgan fingerprint density at radius 3 is 1.55 bits per heavy atom. The van der Waals surface area contributed by atoms with Crippen LogP contribution in [0.3, 0.4) is 0 Å². The van der Waals surface area contributed by atoms with E-state index in [0.29, 0.717) is 0 Å². The second-order valence-corrected chi connectivity index (χ2v) is 8.84. The van der Waals surface area contributed by atoms with Crippen molar-refractivity contribution in [2.24, 2.45) is 0 Å². The van der Waals surface area contributed by atoms with Crippen LogP contribution >= 0.6 is 15.9 Å². The van der Waals surface area contributed by atoms with Gasteiger partial charge in [0.1, 0.15) is 11.5 Å². The molecule has 0 spiro atoms. The van der Waals surface area contributed by atoms with Crippen molar-refractivity contribution in [2.45, 2.75) is 39.5 Å². The van der Waals surface area contributed by atoms with E-state index >= 15 is 0 Å². The SMILES string of the molecule is CCCCOc1ccc(/C=C/c2ccc(/C=C/c3ccc(OCCCC)cc3)c(Br)c2)cc1. The lowest BCUT2D eigenvalue weighted by atomic mass is 10.1. The van der Waals surface area contributed by atoms with Crippen LogP contribution in [0.1, 0.15) is 61.8 Å². The van der Waals surface area contributed by atoms with Gasteiger partial charge in [0.2, 0.25) is 0 Å². The van der Waals surface area contributed by atoms with Gasteiger partial charge < -0.3 is 9.47 Å². The maximum Gasteiger partial charge on any atom is 0.119 e. The molecule has 33 heavy (non-hydrogen) atoms. The van der Waals surface area contributed by atoms with Gasteiger partial charge in [0.05, 0.1) is 13.2 Å². The molecular formula is C30H33BrO2. The molecule has 0 aromatic heterocycles. The average molecular weight is 505 g/mol. The Balaban J connectivity index is 1.57. The lowest BCUT2D eigenvalue weighted by molar-refractivity contribution is 0.309. The highest BCUT2D eigenvalue weighted by Gasteiger charge is 1.99. The lowest BCUT2D eigenvalue weighted by Gasteiger charge is -2.05. The molecule has 3 rings (SSSR count). The smallest absolute Gasteiger partial charge is 0.119 e. The predicted octanol–water partition coefficient (Wildman–Crippen LogP) is 9.15. The molecule has 0 heterocycles. The lowest BCUT2D eigenvalue weighted by Crippen LogP contribution is -1.95. The Bertz CT molecular complexity index is 1030. The number of rotatable bonds is 12. The summed E-state index contributed by atoms with van der Waals surface area (Å²) >= 11 is 3.71. The second-order valence-electron chi connectivity index (χ2n) is 7.99. The third-order valence-corrected chi connectivity index (χ3v) is 5.93. The maximum absolute atomic E-state index is 5.73. The van der Waals surface area contributed by atoms with E-state index in [0.717, 1.165) is 77.1 Å². The van der Waals surface area contributed by atoms with Crippen LogP contribution in [-0.2, 0) is 0 Å². The van der Waals surface area contributed by atoms with Crippen molar-refractivity contribution in [3.8, 4) is 11.5 Å². The molecule has 0 saturated heterocycles. The number of ether oxygens (including phenoxy) is 2. The zero-order chi connectivity index (χ0) is 23.3. The van der Waals surface area contributed by atoms with Crippen molar-refractivity contribution in [2.75, 3.05) is 13.2 Å². The third kappa shape index (κ3) is 8.58. The van der Waals surface area contributed by atoms with Crippen LogP contribution in [-0.4, -0.2) is 13.2 Å². The molecule has 0 amide bonds. The molecule has 0 unspecified atom stereocenters. The molecule has 0 fully saturated rings. The van der Waals surface area contributed by atoms with Crippen LogP contribution in [0.4, 0.5) is 0 Å². The molecule has 3 heteroatoms. The van der Waals surface area contributed by atoms with E-state index in [-0.39, 0.29) is 0 Å². The van der Waals surface area contributed by atoms with Gasteiger partial charge >= 0.3 is 0 Å². The Kier molecular flexibility index (Phi) is 10.3. The van der Waals surface area contributed by atoms with E-state index in [1.807, 2.05) is 24.3 Å². The summed E-state index contributed by atoms with van der Waals surface area (Å²) in [5.41, 5.74) is 4.59. The Morgan fingerprint density at radius 1 is 0.606 bits per heavy atom. The summed E-state index contributed by atoms with van der Waals surface area (Å²) in [6.07, 6.45) is 13.0. The van der Waals surface area contributed by atoms with Gasteiger partial charge in [-0.3, -0.25) is 0 Å². The summed E-state index contributed by atoms with van der Waals surface area (Å²) in [6, 6.07) is 22.9. The van der Waals surface area contributed by atoms with Gasteiger partial charge in [-0.15, -0.1) is 0 Å². The Hall–Kier alpha value is -2.78. The minimum atomic E-state index is 0.776. The fourth-order valence-electron chi connectivity index (χ4n) is 3.18. The molecule has 0 saturated carbocycles. The standard InChI is InChI=1S/C30H33BrO2/c1-3-5-21-32-28-17-11-24(12-18-28)7-8-26-10-16-27(30(31)23-26)15-9-25-13-19-29(20-14-25)33-22-6-4-2/h7-20,23H,3-6,21-22H2,1-2H3/b8-7+,15-9+. The van der Waals surface area contributed by atoms with Crippen LogP contribution in [0, 0.1) is 0 Å². The van der Waals surface area contributed by atoms with Gasteiger partial charge in [-0.1, -0.05) is 103 Å². The first kappa shape index (κ1) is 24.9. The molecule has 0 bridgehead atoms. The van der Waals surface area contributed by atoms with E-state index in [2.05, 4.69) is 96.5 Å². The largest absolute Gasteiger partial charge is 0.494 e. The number of hydrogen-bond acceptors (Lipinski definition) is 2. The maximum atomic E-state index is 5.73. The second kappa shape index (κ2) is 13.7. The normalized spacial score (nSPS) is 11.4. The summed E-state index contributed by atoms with van der Waals surface area (Å²) in [4.78, 5) is 0. The van der Waals surface area contributed by atoms with Crippen molar-refractivity contribution >= 4 is 40.2 Å². The van der Waals surface area contributed by atoms with E-state index in [1.165, 1.54) is 0 Å². The first-order valence-corrected chi connectivity index (χ1v) is 12.6. The van der Waals surface area contributed by atoms with E-state index < -0.39 is 0 Å². The summed E-state index contributed by atoms with van der Waals surface area (Å²) in [7, 11) is 0. The zero-order valence-corrected chi connectivity index (χ0v) is 21.2. The molecule has 0 aliphatic rings. The highest BCUT2D eigenvalue weighted by atomic mass is 79.9. The number of hydrogen-bond donors (Lipinski definition) is 0. The molecule has 0 N–H and O–H groups in total. The molecule has 0 radical (unpaired) electrons. The number of benzene rings is 3. The van der Waals surface area contributed by atoms with Gasteiger partial charge in [0, 0.05) is 4.47 Å². The highest BCUT2D eigenvalue weighted by Crippen LogP contribution is 2.23. The predicted molar refractivity (Wildman–Crippen MR) is 146 cm³/mol. The minimum absolute atomic E-state index is 0.776. The summed E-state index contributed by atoms with van der Waals surface area (Å²) in [6.45, 7) is 5.89. The molecule has 0 atom stereocenters. The van der Waals surface area contributed by atoms with E-state index in [9.17, 15) is 0 Å². The van der Waals surface area contributed by atoms with Gasteiger partial charge in [0.25, 0.3) is 0 Å². The minimum Gasteiger partial charge on any atom is -0.494 e. The third-order valence-electron chi connectivity index (χ3n) is 5.24. The summed E-state index contributed by atoms with van der Waals surface area (Å²) in [5.74, 6) is 1.86. The molecule has 172 valence electrons. The molecule has 0 aliphatic carbocycles. The van der Waals surface area contributed by atoms with Crippen LogP contribution in [0.2, 0.25) is 0 Å². The monoisotopic (exact) mass is 504 g/mol. The first-order valence-electron chi connectivity index (χ1n) is 11.8. The van der Waals surface area contributed by atoms with Crippen molar-refractivity contribution < 1.29 is 9.47 Å². The zero-order valence-electron chi connectivity index (χ0n) is 19.6. The van der Waals surface area contributed by atoms with Gasteiger partial charge in [-0.2, -0.15) is 0 Å². The van der Waals surface area contributed by atoms with E-state index in [4.69, 9.17) is 9.47 Å². The van der Waals surface area contributed by atoms with Crippen LogP contribution in [0.5, 0.6) is 11.5 Å². The fraction of sp³-hybridized carbons (Fsp3) is 0.267. The van der Waals surface area contributed by atoms with Gasteiger partial charge in [0.15, 0.2) is 0 Å². The number of unbranched alkanes of at least 4 members (excludes halogenated alkanes) is 2. The van der Waals surface area contributed by atoms with Crippen LogP contribution in [0.15, 0.2) is 71.2 Å². The quantitative estimate of drug-likeness (QED) is 0.180. The summed E-state index contributed by atoms with van der Waals surface area (Å²) < 4.78 is 12.5. The van der Waals surface area contributed by atoms with Gasteiger partial charge in [-0.05, 0) is 65.4 Å². The molecule has 2 nitrogen and oxygen atoms in total. The van der Waals surface area contributed by atoms with Crippen molar-refractivity contribution in [1.82, 2.24) is 0 Å². The first-order chi connectivity index (χ1) is 16.2. The fourth-order valence-corrected chi connectivity index (χ4v) is 3.71. The molecule has 3 aromatic carbocycles. The number of halogens is 1. The van der Waals surface area contributed by atoms with Crippen molar-refractivity contribution in [3.05, 3.63) is 93.5 Å². The van der Waals surface area contributed by atoms with Crippen molar-refractivity contribution in [1.29, 1.82) is 0 Å². The average Bonchev–Trinajstić information content (AvgIpc) is 2.84.